The van der Waals surface area contributed by atoms with Crippen molar-refractivity contribution in [2.45, 2.75) is 6.61 Å². The number of aliphatic hydroxyl groups excluding tert-OH is 1. The molecule has 3 aromatic rings. The number of benzene rings is 2. The van der Waals surface area contributed by atoms with Gasteiger partial charge in [-0.25, -0.2) is 9.37 Å². The molecule has 0 radical (unpaired) electrons. The first-order chi connectivity index (χ1) is 17.0. The van der Waals surface area contributed by atoms with Crippen LogP contribution in [0, 0.1) is 0 Å². The quantitative estimate of drug-likeness (QED) is 0.164. The van der Waals surface area contributed by atoms with Crippen molar-refractivity contribution in [2.24, 2.45) is 0 Å². The van der Waals surface area contributed by atoms with Gasteiger partial charge in [0.1, 0.15) is 42.0 Å². The Morgan fingerprint density at radius 1 is 1.03 bits per heavy atom. The molecule has 0 aliphatic heterocycles. The molecule has 0 amide bonds. The van der Waals surface area contributed by atoms with E-state index in [0.717, 1.165) is 5.56 Å². The molecule has 0 saturated heterocycles. The number of hydrogen-bond donors (Lipinski definition) is 1. The Hall–Kier alpha value is -4.17. The molecular formula is C27H26FNO6. The topological polar surface area (TPSA) is 87.1 Å². The number of pyridine rings is 1. The summed E-state index contributed by atoms with van der Waals surface area (Å²) in [7, 11) is 3.10. The summed E-state index contributed by atoms with van der Waals surface area (Å²) in [6, 6.07) is 15.2. The monoisotopic (exact) mass is 479 g/mol. The van der Waals surface area contributed by atoms with Crippen LogP contribution >= 0.6 is 0 Å². The summed E-state index contributed by atoms with van der Waals surface area (Å²) in [5.41, 5.74) is 0.755. The summed E-state index contributed by atoms with van der Waals surface area (Å²) < 4.78 is 36.1. The van der Waals surface area contributed by atoms with Crippen molar-refractivity contribution in [3.63, 3.8) is 0 Å². The van der Waals surface area contributed by atoms with Gasteiger partial charge in [-0.15, -0.1) is 0 Å². The van der Waals surface area contributed by atoms with Crippen molar-refractivity contribution < 1.29 is 33.2 Å². The molecule has 8 heteroatoms. The standard InChI is InChI=1S/C27H26FNO6/c1-18(28)25-21(6-4-7-23(25)34-15-14-32-2)22(16-30)27(31)26-24(8-5-13-29-26)35-17-19-9-11-20(33-3)12-10-19/h4-13,16,31H,1,14-15,17H2,2-3H3/b27-22-. The minimum Gasteiger partial charge on any atom is -0.505 e. The van der Waals surface area contributed by atoms with Gasteiger partial charge >= 0.3 is 0 Å². The normalized spacial score (nSPS) is 11.4. The molecule has 3 rings (SSSR count). The molecule has 0 atom stereocenters. The molecule has 1 aromatic heterocycles. The lowest BCUT2D eigenvalue weighted by atomic mass is 9.97. The molecule has 0 saturated carbocycles. The second-order valence-corrected chi connectivity index (χ2v) is 7.29. The van der Waals surface area contributed by atoms with E-state index < -0.39 is 11.6 Å². The lowest BCUT2D eigenvalue weighted by molar-refractivity contribution is -0.103. The number of aromatic nitrogens is 1. The molecule has 0 aliphatic carbocycles. The van der Waals surface area contributed by atoms with Gasteiger partial charge in [0.05, 0.1) is 24.9 Å². The highest BCUT2D eigenvalue weighted by molar-refractivity contribution is 6.17. The van der Waals surface area contributed by atoms with Gasteiger partial charge < -0.3 is 24.1 Å². The molecule has 2 aromatic carbocycles. The minimum absolute atomic E-state index is 0.0317. The van der Waals surface area contributed by atoms with Crippen molar-refractivity contribution in [1.82, 2.24) is 4.98 Å². The van der Waals surface area contributed by atoms with Crippen molar-refractivity contribution in [2.75, 3.05) is 27.4 Å². The predicted octanol–water partition coefficient (Wildman–Crippen LogP) is 5.26. The molecule has 0 spiro atoms. The molecular weight excluding hydrogens is 453 g/mol. The van der Waals surface area contributed by atoms with E-state index in [9.17, 15) is 14.3 Å². The van der Waals surface area contributed by atoms with Crippen LogP contribution in [-0.4, -0.2) is 43.8 Å². The van der Waals surface area contributed by atoms with Crippen molar-refractivity contribution in [3.05, 3.63) is 89.8 Å². The first kappa shape index (κ1) is 25.5. The number of rotatable bonds is 12. The number of allylic oxidation sites excluding steroid dienone is 1. The summed E-state index contributed by atoms with van der Waals surface area (Å²) in [4.78, 5) is 16.3. The number of ether oxygens (including phenoxy) is 4. The average Bonchev–Trinajstić information content (AvgIpc) is 2.88. The van der Waals surface area contributed by atoms with Crippen LogP contribution in [0.2, 0.25) is 0 Å². The fourth-order valence-corrected chi connectivity index (χ4v) is 3.33. The van der Waals surface area contributed by atoms with Crippen LogP contribution < -0.4 is 14.2 Å². The number of carbonyl (C=O) groups is 1. The van der Waals surface area contributed by atoms with Gasteiger partial charge in [-0.3, -0.25) is 4.79 Å². The van der Waals surface area contributed by atoms with E-state index in [-0.39, 0.29) is 53.7 Å². The number of halogens is 1. The van der Waals surface area contributed by atoms with Gasteiger partial charge in [0.15, 0.2) is 12.0 Å². The maximum atomic E-state index is 14.5. The summed E-state index contributed by atoms with van der Waals surface area (Å²) in [5.74, 6) is -0.172. The SMILES string of the molecule is C=C(F)c1c(OCCOC)cccc1/C(C=O)=C(\O)c1ncccc1OCc1ccc(OC)cc1. The molecule has 182 valence electrons. The number of methoxy groups -OCH3 is 2. The van der Waals surface area contributed by atoms with E-state index in [1.165, 1.54) is 19.4 Å². The molecule has 0 bridgehead atoms. The summed E-state index contributed by atoms with van der Waals surface area (Å²) in [5, 5.41) is 11.1. The number of nitrogens with zero attached hydrogens (tertiary/aromatic N) is 1. The summed E-state index contributed by atoms with van der Waals surface area (Å²) >= 11 is 0. The Balaban J connectivity index is 1.99. The van der Waals surface area contributed by atoms with Gasteiger partial charge in [-0.05, 0) is 35.9 Å². The van der Waals surface area contributed by atoms with Crippen LogP contribution in [0.5, 0.6) is 17.2 Å². The highest BCUT2D eigenvalue weighted by Gasteiger charge is 2.22. The molecule has 0 fully saturated rings. The largest absolute Gasteiger partial charge is 0.505 e. The third kappa shape index (κ3) is 6.24. The van der Waals surface area contributed by atoms with E-state index in [4.69, 9.17) is 18.9 Å². The third-order valence-corrected chi connectivity index (χ3v) is 5.05. The number of carbonyl (C=O) groups excluding carboxylic acids is 1. The van der Waals surface area contributed by atoms with Crippen molar-refractivity contribution in [3.8, 4) is 17.2 Å². The van der Waals surface area contributed by atoms with Crippen LogP contribution in [0.25, 0.3) is 17.2 Å². The van der Waals surface area contributed by atoms with E-state index in [1.54, 1.807) is 43.5 Å². The van der Waals surface area contributed by atoms with Crippen LogP contribution in [0.4, 0.5) is 4.39 Å². The van der Waals surface area contributed by atoms with Gasteiger partial charge in [-0.1, -0.05) is 30.8 Å². The molecule has 0 unspecified atom stereocenters. The van der Waals surface area contributed by atoms with Crippen molar-refractivity contribution >= 4 is 23.4 Å². The molecule has 7 nitrogen and oxygen atoms in total. The van der Waals surface area contributed by atoms with Gasteiger partial charge in [0.2, 0.25) is 0 Å². The Morgan fingerprint density at radius 3 is 2.43 bits per heavy atom. The van der Waals surface area contributed by atoms with Crippen LogP contribution in [-0.2, 0) is 16.1 Å². The van der Waals surface area contributed by atoms with E-state index in [0.29, 0.717) is 12.0 Å². The average molecular weight is 480 g/mol. The molecule has 1 N–H and O–H groups in total. The minimum atomic E-state index is -0.822. The maximum Gasteiger partial charge on any atom is 0.156 e. The first-order valence-corrected chi connectivity index (χ1v) is 10.7. The zero-order valence-electron chi connectivity index (χ0n) is 19.5. The smallest absolute Gasteiger partial charge is 0.156 e. The zero-order valence-corrected chi connectivity index (χ0v) is 19.5. The molecule has 0 aliphatic rings. The van der Waals surface area contributed by atoms with E-state index >= 15 is 0 Å². The highest BCUT2D eigenvalue weighted by Crippen LogP contribution is 2.36. The lowest BCUT2D eigenvalue weighted by Crippen LogP contribution is -2.07. The van der Waals surface area contributed by atoms with Crippen molar-refractivity contribution in [1.29, 1.82) is 0 Å². The first-order valence-electron chi connectivity index (χ1n) is 10.7. The summed E-state index contributed by atoms with van der Waals surface area (Å²) in [6.45, 7) is 4.00. The third-order valence-electron chi connectivity index (χ3n) is 5.05. The zero-order chi connectivity index (χ0) is 25.2. The van der Waals surface area contributed by atoms with Crippen LogP contribution in [0.3, 0.4) is 0 Å². The molecule has 1 heterocycles. The van der Waals surface area contributed by atoms with Crippen LogP contribution in [0.1, 0.15) is 22.4 Å². The van der Waals surface area contributed by atoms with Gasteiger partial charge in [0.25, 0.3) is 0 Å². The maximum absolute atomic E-state index is 14.5. The Labute approximate surface area is 203 Å². The number of aldehydes is 1. The summed E-state index contributed by atoms with van der Waals surface area (Å²) in [6.07, 6.45) is 1.88. The Morgan fingerprint density at radius 2 is 1.77 bits per heavy atom. The highest BCUT2D eigenvalue weighted by atomic mass is 19.1. The Kier molecular flexibility index (Phi) is 8.97. The van der Waals surface area contributed by atoms with Gasteiger partial charge in [-0.2, -0.15) is 0 Å². The Bertz CT molecular complexity index is 1210. The van der Waals surface area contributed by atoms with E-state index in [1.807, 2.05) is 12.1 Å². The molecule has 35 heavy (non-hydrogen) atoms. The lowest BCUT2D eigenvalue weighted by Gasteiger charge is -2.16. The second-order valence-electron chi connectivity index (χ2n) is 7.29. The number of hydrogen-bond acceptors (Lipinski definition) is 7. The van der Waals surface area contributed by atoms with Gasteiger partial charge in [0, 0.05) is 18.9 Å². The number of aliphatic hydroxyl groups is 1. The fraction of sp³-hybridized carbons (Fsp3) is 0.185. The van der Waals surface area contributed by atoms with Crippen LogP contribution in [0.15, 0.2) is 67.4 Å². The fourth-order valence-electron chi connectivity index (χ4n) is 3.33. The van der Waals surface area contributed by atoms with E-state index in [2.05, 4.69) is 11.6 Å². The second kappa shape index (κ2) is 12.3. The predicted molar refractivity (Wildman–Crippen MR) is 131 cm³/mol.